The van der Waals surface area contributed by atoms with Crippen LogP contribution >= 0.6 is 11.6 Å². The molecule has 0 unspecified atom stereocenters. The fourth-order valence-corrected chi connectivity index (χ4v) is 1.81. The van der Waals surface area contributed by atoms with Gasteiger partial charge in [-0.25, -0.2) is 0 Å². The molecule has 1 heterocycles. The van der Waals surface area contributed by atoms with Crippen LogP contribution < -0.4 is 11.1 Å². The lowest BCUT2D eigenvalue weighted by atomic mass is 10.1. The molecule has 0 spiro atoms. The van der Waals surface area contributed by atoms with Gasteiger partial charge in [-0.3, -0.25) is 9.78 Å². The highest BCUT2D eigenvalue weighted by Gasteiger charge is 2.08. The summed E-state index contributed by atoms with van der Waals surface area (Å²) in [5.41, 5.74) is 7.63. The van der Waals surface area contributed by atoms with Gasteiger partial charge in [-0.05, 0) is 30.2 Å². The summed E-state index contributed by atoms with van der Waals surface area (Å²) >= 11 is 5.80. The number of nitrogens with one attached hydrogen (secondary N) is 1. The number of nitrogens with zero attached hydrogens (tertiary/aromatic N) is 1. The van der Waals surface area contributed by atoms with Gasteiger partial charge in [-0.15, -0.1) is 0 Å². The number of carbonyl (C=O) groups excluding carboxylic acids is 1. The smallest absolute Gasteiger partial charge is 0.253 e. The standard InChI is InChI=1S/C14H14ClN3O/c15-11-3-1-10(2-4-11)5-8-18-14(19)12-6-7-17-9-13(12)16/h1-4,6-7,9H,5,8,16H2,(H,18,19). The Morgan fingerprint density at radius 2 is 2.00 bits per heavy atom. The van der Waals surface area contributed by atoms with E-state index in [1.165, 1.54) is 6.20 Å². The van der Waals surface area contributed by atoms with Gasteiger partial charge < -0.3 is 11.1 Å². The average Bonchev–Trinajstić information content (AvgIpc) is 2.41. The molecule has 1 amide bonds. The molecule has 0 aliphatic carbocycles. The summed E-state index contributed by atoms with van der Waals surface area (Å²) in [7, 11) is 0. The maximum Gasteiger partial charge on any atom is 0.253 e. The van der Waals surface area contributed by atoms with E-state index in [1.807, 2.05) is 24.3 Å². The molecule has 2 rings (SSSR count). The Morgan fingerprint density at radius 3 is 2.68 bits per heavy atom. The number of benzene rings is 1. The van der Waals surface area contributed by atoms with Gasteiger partial charge in [0.1, 0.15) is 0 Å². The largest absolute Gasteiger partial charge is 0.397 e. The van der Waals surface area contributed by atoms with E-state index >= 15 is 0 Å². The number of aromatic nitrogens is 1. The van der Waals surface area contributed by atoms with Crippen LogP contribution in [0, 0.1) is 0 Å². The van der Waals surface area contributed by atoms with E-state index in [1.54, 1.807) is 12.3 Å². The molecule has 5 heteroatoms. The van der Waals surface area contributed by atoms with E-state index in [0.29, 0.717) is 22.8 Å². The van der Waals surface area contributed by atoms with Crippen molar-refractivity contribution in [1.29, 1.82) is 0 Å². The van der Waals surface area contributed by atoms with E-state index in [9.17, 15) is 4.79 Å². The number of anilines is 1. The maximum absolute atomic E-state index is 11.9. The van der Waals surface area contributed by atoms with Gasteiger partial charge in [0.2, 0.25) is 0 Å². The first kappa shape index (κ1) is 13.4. The molecule has 0 aliphatic heterocycles. The number of amides is 1. The summed E-state index contributed by atoms with van der Waals surface area (Å²) in [6, 6.07) is 9.15. The van der Waals surface area contributed by atoms with Crippen molar-refractivity contribution in [3.8, 4) is 0 Å². The number of nitrogens with two attached hydrogens (primary N) is 1. The van der Waals surface area contributed by atoms with Crippen LogP contribution in [-0.4, -0.2) is 17.4 Å². The van der Waals surface area contributed by atoms with Gasteiger partial charge in [0.15, 0.2) is 0 Å². The molecule has 2 aromatic rings. The second kappa shape index (κ2) is 6.20. The predicted molar refractivity (Wildman–Crippen MR) is 76.1 cm³/mol. The SMILES string of the molecule is Nc1cnccc1C(=O)NCCc1ccc(Cl)cc1. The molecule has 0 atom stereocenters. The zero-order valence-corrected chi connectivity index (χ0v) is 11.0. The topological polar surface area (TPSA) is 68.0 Å². The van der Waals surface area contributed by atoms with Crippen molar-refractivity contribution in [1.82, 2.24) is 10.3 Å². The normalized spacial score (nSPS) is 10.2. The van der Waals surface area contributed by atoms with Crippen LogP contribution in [0.5, 0.6) is 0 Å². The number of carbonyl (C=O) groups is 1. The average molecular weight is 276 g/mol. The third-order valence-electron chi connectivity index (χ3n) is 2.71. The molecular formula is C14H14ClN3O. The quantitative estimate of drug-likeness (QED) is 0.900. The van der Waals surface area contributed by atoms with E-state index < -0.39 is 0 Å². The minimum Gasteiger partial charge on any atom is -0.397 e. The number of hydrogen-bond donors (Lipinski definition) is 2. The van der Waals surface area contributed by atoms with Crippen molar-refractivity contribution in [2.45, 2.75) is 6.42 Å². The molecule has 0 saturated carbocycles. The molecule has 0 fully saturated rings. The lowest BCUT2D eigenvalue weighted by Gasteiger charge is -2.07. The molecule has 0 aliphatic rings. The molecule has 19 heavy (non-hydrogen) atoms. The first-order chi connectivity index (χ1) is 9.16. The number of halogens is 1. The fraction of sp³-hybridized carbons (Fsp3) is 0.143. The van der Waals surface area contributed by atoms with Crippen molar-refractivity contribution in [2.75, 3.05) is 12.3 Å². The number of hydrogen-bond acceptors (Lipinski definition) is 3. The van der Waals surface area contributed by atoms with E-state index in [2.05, 4.69) is 10.3 Å². The Balaban J connectivity index is 1.88. The van der Waals surface area contributed by atoms with Crippen molar-refractivity contribution in [3.05, 3.63) is 58.9 Å². The van der Waals surface area contributed by atoms with Crippen LogP contribution in [0.4, 0.5) is 5.69 Å². The zero-order valence-electron chi connectivity index (χ0n) is 10.3. The van der Waals surface area contributed by atoms with Gasteiger partial charge in [0, 0.05) is 17.8 Å². The van der Waals surface area contributed by atoms with Crippen LogP contribution in [0.15, 0.2) is 42.7 Å². The van der Waals surface area contributed by atoms with Crippen LogP contribution in [0.3, 0.4) is 0 Å². The van der Waals surface area contributed by atoms with Gasteiger partial charge in [-0.1, -0.05) is 23.7 Å². The Morgan fingerprint density at radius 1 is 1.26 bits per heavy atom. The van der Waals surface area contributed by atoms with Crippen LogP contribution in [-0.2, 0) is 6.42 Å². The molecule has 3 N–H and O–H groups in total. The number of rotatable bonds is 4. The summed E-state index contributed by atoms with van der Waals surface area (Å²) in [6.45, 7) is 0.544. The Hall–Kier alpha value is -2.07. The second-order valence-electron chi connectivity index (χ2n) is 4.10. The predicted octanol–water partition coefficient (Wildman–Crippen LogP) is 2.29. The lowest BCUT2D eigenvalue weighted by Crippen LogP contribution is -2.26. The molecule has 1 aromatic heterocycles. The molecule has 4 nitrogen and oxygen atoms in total. The monoisotopic (exact) mass is 275 g/mol. The van der Waals surface area contributed by atoms with Crippen molar-refractivity contribution in [3.63, 3.8) is 0 Å². The van der Waals surface area contributed by atoms with Gasteiger partial charge in [-0.2, -0.15) is 0 Å². The first-order valence-electron chi connectivity index (χ1n) is 5.89. The summed E-state index contributed by atoms with van der Waals surface area (Å²) in [5, 5.41) is 3.53. The molecule has 0 saturated heterocycles. The number of nitrogen functional groups attached to an aromatic ring is 1. The summed E-state index contributed by atoms with van der Waals surface area (Å²) in [5.74, 6) is -0.186. The van der Waals surface area contributed by atoms with Crippen molar-refractivity contribution in [2.24, 2.45) is 0 Å². The highest BCUT2D eigenvalue weighted by molar-refractivity contribution is 6.30. The van der Waals surface area contributed by atoms with E-state index in [-0.39, 0.29) is 5.91 Å². The molecule has 1 aromatic carbocycles. The maximum atomic E-state index is 11.9. The fourth-order valence-electron chi connectivity index (χ4n) is 1.68. The van der Waals surface area contributed by atoms with Crippen LogP contribution in [0.2, 0.25) is 5.02 Å². The van der Waals surface area contributed by atoms with Gasteiger partial charge in [0.25, 0.3) is 5.91 Å². The highest BCUT2D eigenvalue weighted by Crippen LogP contribution is 2.10. The van der Waals surface area contributed by atoms with Crippen LogP contribution in [0.25, 0.3) is 0 Å². The Labute approximate surface area is 116 Å². The third-order valence-corrected chi connectivity index (χ3v) is 2.96. The molecular weight excluding hydrogens is 262 g/mol. The van der Waals surface area contributed by atoms with Crippen molar-refractivity contribution < 1.29 is 4.79 Å². The molecule has 0 radical (unpaired) electrons. The van der Waals surface area contributed by atoms with Crippen molar-refractivity contribution >= 4 is 23.2 Å². The summed E-state index contributed by atoms with van der Waals surface area (Å²) in [4.78, 5) is 15.7. The summed E-state index contributed by atoms with van der Waals surface area (Å²) in [6.07, 6.45) is 3.76. The Bertz CT molecular complexity index is 569. The molecule has 98 valence electrons. The second-order valence-corrected chi connectivity index (χ2v) is 4.53. The third kappa shape index (κ3) is 3.69. The molecule has 0 bridgehead atoms. The zero-order chi connectivity index (χ0) is 13.7. The summed E-state index contributed by atoms with van der Waals surface area (Å²) < 4.78 is 0. The number of pyridine rings is 1. The lowest BCUT2D eigenvalue weighted by molar-refractivity contribution is 0.0955. The van der Waals surface area contributed by atoms with E-state index in [4.69, 9.17) is 17.3 Å². The minimum absolute atomic E-state index is 0.186. The van der Waals surface area contributed by atoms with Crippen LogP contribution in [0.1, 0.15) is 15.9 Å². The highest BCUT2D eigenvalue weighted by atomic mass is 35.5. The van der Waals surface area contributed by atoms with E-state index in [0.717, 1.165) is 12.0 Å². The first-order valence-corrected chi connectivity index (χ1v) is 6.27. The van der Waals surface area contributed by atoms with Gasteiger partial charge >= 0.3 is 0 Å². The Kier molecular flexibility index (Phi) is 4.36. The van der Waals surface area contributed by atoms with Gasteiger partial charge in [0.05, 0.1) is 17.4 Å². The minimum atomic E-state index is -0.186.